The van der Waals surface area contributed by atoms with Crippen molar-refractivity contribution in [3.05, 3.63) is 77.5 Å². The van der Waals surface area contributed by atoms with E-state index in [9.17, 15) is 9.90 Å². The molecule has 1 fully saturated rings. The van der Waals surface area contributed by atoms with E-state index in [2.05, 4.69) is 23.3 Å². The molecule has 29 heavy (non-hydrogen) atoms. The summed E-state index contributed by atoms with van der Waals surface area (Å²) in [7, 11) is 1.82. The lowest BCUT2D eigenvalue weighted by atomic mass is 9.72. The van der Waals surface area contributed by atoms with Crippen molar-refractivity contribution in [3.8, 4) is 11.3 Å². The quantitative estimate of drug-likeness (QED) is 0.735. The molecule has 1 amide bonds. The molecule has 5 heteroatoms. The zero-order valence-electron chi connectivity index (χ0n) is 16.6. The molecular weight excluding hydrogens is 362 g/mol. The summed E-state index contributed by atoms with van der Waals surface area (Å²) >= 11 is 0. The summed E-state index contributed by atoms with van der Waals surface area (Å²) in [5.74, 6) is 0.0119. The van der Waals surface area contributed by atoms with Crippen molar-refractivity contribution in [2.24, 2.45) is 7.05 Å². The van der Waals surface area contributed by atoms with Crippen LogP contribution >= 0.6 is 0 Å². The van der Waals surface area contributed by atoms with E-state index in [0.29, 0.717) is 25.2 Å². The number of aromatic nitrogens is 2. The molecule has 0 unspecified atom stereocenters. The van der Waals surface area contributed by atoms with Crippen LogP contribution in [0.1, 0.15) is 34.5 Å². The van der Waals surface area contributed by atoms with Crippen LogP contribution in [0.2, 0.25) is 0 Å². The first-order valence-electron chi connectivity index (χ1n) is 10.2. The van der Waals surface area contributed by atoms with E-state index in [1.165, 1.54) is 11.1 Å². The van der Waals surface area contributed by atoms with Gasteiger partial charge in [0.25, 0.3) is 5.91 Å². The molecule has 1 spiro atoms. The molecule has 1 atom stereocenters. The predicted octanol–water partition coefficient (Wildman–Crippen LogP) is 3.18. The first kappa shape index (κ1) is 18.1. The summed E-state index contributed by atoms with van der Waals surface area (Å²) in [6.07, 6.45) is 1.94. The van der Waals surface area contributed by atoms with Crippen LogP contribution < -0.4 is 0 Å². The van der Waals surface area contributed by atoms with E-state index in [1.807, 2.05) is 54.4 Å². The fraction of sp³-hybridized carbons (Fsp3) is 0.333. The summed E-state index contributed by atoms with van der Waals surface area (Å²) < 4.78 is 1.68. The first-order valence-corrected chi connectivity index (χ1v) is 10.2. The van der Waals surface area contributed by atoms with Gasteiger partial charge in [0.05, 0.1) is 11.8 Å². The Labute approximate surface area is 170 Å². The number of hydrogen-bond acceptors (Lipinski definition) is 3. The van der Waals surface area contributed by atoms with Crippen molar-refractivity contribution in [2.75, 3.05) is 13.1 Å². The fourth-order valence-corrected chi connectivity index (χ4v) is 5.06. The van der Waals surface area contributed by atoms with Gasteiger partial charge in [-0.25, -0.2) is 0 Å². The Kier molecular flexibility index (Phi) is 4.28. The number of carbonyl (C=O) groups is 1. The van der Waals surface area contributed by atoms with E-state index >= 15 is 0 Å². The van der Waals surface area contributed by atoms with Crippen molar-refractivity contribution in [1.82, 2.24) is 14.7 Å². The van der Waals surface area contributed by atoms with Gasteiger partial charge in [-0.1, -0.05) is 54.6 Å². The molecule has 2 aromatic carbocycles. The molecule has 0 radical (unpaired) electrons. The van der Waals surface area contributed by atoms with E-state index < -0.39 is 0 Å². The normalized spacial score (nSPS) is 20.1. The van der Waals surface area contributed by atoms with E-state index in [0.717, 1.165) is 24.1 Å². The zero-order valence-corrected chi connectivity index (χ0v) is 16.6. The average molecular weight is 387 g/mol. The van der Waals surface area contributed by atoms with Gasteiger partial charge in [0.1, 0.15) is 5.69 Å². The Hall–Kier alpha value is -2.92. The molecule has 1 N–H and O–H groups in total. The third kappa shape index (κ3) is 2.88. The van der Waals surface area contributed by atoms with Crippen molar-refractivity contribution in [3.63, 3.8) is 0 Å². The largest absolute Gasteiger partial charge is 0.392 e. The highest BCUT2D eigenvalue weighted by Gasteiger charge is 2.48. The molecule has 5 rings (SSSR count). The van der Waals surface area contributed by atoms with Crippen LogP contribution in [0.3, 0.4) is 0 Å². The van der Waals surface area contributed by atoms with Crippen LogP contribution in [0.5, 0.6) is 0 Å². The van der Waals surface area contributed by atoms with Gasteiger partial charge in [0.15, 0.2) is 0 Å². The second-order valence-corrected chi connectivity index (χ2v) is 8.23. The smallest absolute Gasteiger partial charge is 0.272 e. The minimum absolute atomic E-state index is 0.0119. The SMILES string of the molecule is Cn1nc(-c2ccccc2)cc1C(=O)N1CCC2(CC1)c1ccccc1C[C@H]2O. The van der Waals surface area contributed by atoms with Gasteiger partial charge < -0.3 is 10.0 Å². The van der Waals surface area contributed by atoms with Gasteiger partial charge in [0, 0.05) is 31.1 Å². The highest BCUT2D eigenvalue weighted by Crippen LogP contribution is 2.46. The lowest BCUT2D eigenvalue weighted by Gasteiger charge is -2.42. The predicted molar refractivity (Wildman–Crippen MR) is 112 cm³/mol. The number of hydrogen-bond donors (Lipinski definition) is 1. The number of rotatable bonds is 2. The van der Waals surface area contributed by atoms with Gasteiger partial charge in [0.2, 0.25) is 0 Å². The maximum Gasteiger partial charge on any atom is 0.272 e. The Morgan fingerprint density at radius 3 is 2.52 bits per heavy atom. The number of benzene rings is 2. The van der Waals surface area contributed by atoms with E-state index in [1.54, 1.807) is 4.68 Å². The summed E-state index contributed by atoms with van der Waals surface area (Å²) in [5, 5.41) is 15.4. The van der Waals surface area contributed by atoms with Crippen LogP contribution in [0.4, 0.5) is 0 Å². The number of aryl methyl sites for hydroxylation is 1. The second-order valence-electron chi connectivity index (χ2n) is 8.23. The van der Waals surface area contributed by atoms with Crippen LogP contribution in [-0.2, 0) is 18.9 Å². The first-order chi connectivity index (χ1) is 14.1. The molecule has 3 aromatic rings. The number of carbonyl (C=O) groups excluding carboxylic acids is 1. The molecule has 0 saturated carbocycles. The van der Waals surface area contributed by atoms with Crippen LogP contribution in [0.25, 0.3) is 11.3 Å². The van der Waals surface area contributed by atoms with Gasteiger partial charge in [-0.05, 0) is 36.5 Å². The minimum atomic E-state index is -0.362. The number of fused-ring (bicyclic) bond motifs is 2. The van der Waals surface area contributed by atoms with Crippen LogP contribution in [0.15, 0.2) is 60.7 Å². The standard InChI is InChI=1S/C24H25N3O2/c1-26-21(16-20(25-26)17-7-3-2-4-8-17)23(29)27-13-11-24(12-14-27)19-10-6-5-9-18(19)15-22(24)28/h2-10,16,22,28H,11-15H2,1H3/t22-/m1/s1. The Bertz CT molecular complexity index is 1050. The van der Waals surface area contributed by atoms with Crippen molar-refractivity contribution in [2.45, 2.75) is 30.8 Å². The van der Waals surface area contributed by atoms with Crippen LogP contribution in [0, 0.1) is 0 Å². The summed E-state index contributed by atoms with van der Waals surface area (Å²) in [5.41, 5.74) is 4.72. The monoisotopic (exact) mass is 387 g/mol. The van der Waals surface area contributed by atoms with Gasteiger partial charge in [-0.3, -0.25) is 9.48 Å². The lowest BCUT2D eigenvalue weighted by molar-refractivity contribution is 0.0360. The molecule has 2 aliphatic rings. The molecule has 2 heterocycles. The Morgan fingerprint density at radius 2 is 1.76 bits per heavy atom. The van der Waals surface area contributed by atoms with Crippen molar-refractivity contribution < 1.29 is 9.90 Å². The number of likely N-dealkylation sites (tertiary alicyclic amines) is 1. The van der Waals surface area contributed by atoms with Crippen molar-refractivity contribution in [1.29, 1.82) is 0 Å². The topological polar surface area (TPSA) is 58.4 Å². The number of amides is 1. The van der Waals surface area contributed by atoms with Gasteiger partial charge in [-0.2, -0.15) is 5.10 Å². The van der Waals surface area contributed by atoms with Crippen molar-refractivity contribution >= 4 is 5.91 Å². The van der Waals surface area contributed by atoms with Gasteiger partial charge >= 0.3 is 0 Å². The number of piperidine rings is 1. The molecule has 5 nitrogen and oxygen atoms in total. The van der Waals surface area contributed by atoms with E-state index in [4.69, 9.17) is 0 Å². The van der Waals surface area contributed by atoms with Crippen LogP contribution in [-0.4, -0.2) is 44.9 Å². The molecule has 1 aliphatic carbocycles. The molecule has 1 aliphatic heterocycles. The minimum Gasteiger partial charge on any atom is -0.392 e. The summed E-state index contributed by atoms with van der Waals surface area (Å²) in [6.45, 7) is 1.30. The average Bonchev–Trinajstić information content (AvgIpc) is 3.27. The number of aliphatic hydroxyl groups is 1. The highest BCUT2D eigenvalue weighted by molar-refractivity contribution is 5.93. The third-order valence-corrected chi connectivity index (χ3v) is 6.72. The molecule has 148 valence electrons. The zero-order chi connectivity index (χ0) is 20.0. The molecule has 0 bridgehead atoms. The highest BCUT2D eigenvalue weighted by atomic mass is 16.3. The fourth-order valence-electron chi connectivity index (χ4n) is 5.06. The summed E-state index contributed by atoms with van der Waals surface area (Å²) in [6, 6.07) is 20.1. The third-order valence-electron chi connectivity index (χ3n) is 6.72. The second kappa shape index (κ2) is 6.85. The Morgan fingerprint density at radius 1 is 1.07 bits per heavy atom. The number of aliphatic hydroxyl groups excluding tert-OH is 1. The maximum atomic E-state index is 13.2. The van der Waals surface area contributed by atoms with E-state index in [-0.39, 0.29) is 17.4 Å². The molecular formula is C24H25N3O2. The molecule has 1 aromatic heterocycles. The maximum absolute atomic E-state index is 13.2. The number of nitrogens with zero attached hydrogens (tertiary/aromatic N) is 3. The Balaban J connectivity index is 1.36. The summed E-state index contributed by atoms with van der Waals surface area (Å²) in [4.78, 5) is 15.1. The molecule has 1 saturated heterocycles. The van der Waals surface area contributed by atoms with Gasteiger partial charge in [-0.15, -0.1) is 0 Å². The lowest BCUT2D eigenvalue weighted by Crippen LogP contribution is -2.49.